The van der Waals surface area contributed by atoms with E-state index < -0.39 is 0 Å². The first-order valence-corrected chi connectivity index (χ1v) is 3.98. The third kappa shape index (κ3) is 1.09. The van der Waals surface area contributed by atoms with Crippen LogP contribution >= 0.6 is 0 Å². The van der Waals surface area contributed by atoms with Gasteiger partial charge in [-0.05, 0) is 19.1 Å². The quantitative estimate of drug-likeness (QED) is 0.620. The molecule has 0 radical (unpaired) electrons. The molecule has 0 aliphatic heterocycles. The van der Waals surface area contributed by atoms with Crippen LogP contribution in [0.5, 0.6) is 0 Å². The molecule has 1 heterocycles. The Morgan fingerprint density at radius 2 is 2.00 bits per heavy atom. The van der Waals surface area contributed by atoms with Gasteiger partial charge in [0.25, 0.3) is 0 Å². The second kappa shape index (κ2) is 2.62. The zero-order valence-electron chi connectivity index (χ0n) is 7.20. The third-order valence-corrected chi connectivity index (χ3v) is 2.09. The van der Waals surface area contributed by atoms with Gasteiger partial charge in [0.05, 0.1) is 11.3 Å². The molecule has 3 heteroatoms. The first-order chi connectivity index (χ1) is 6.20. The fraction of sp³-hybridized carbons (Fsp3) is 0.100. The first-order valence-electron chi connectivity index (χ1n) is 3.98. The van der Waals surface area contributed by atoms with E-state index in [4.69, 9.17) is 10.2 Å². The minimum absolute atomic E-state index is 0.365. The smallest absolute Gasteiger partial charge is 0.341 e. The highest BCUT2D eigenvalue weighted by atomic mass is 16.4. The molecule has 0 saturated carbocycles. The van der Waals surface area contributed by atoms with Gasteiger partial charge in [0.2, 0.25) is 0 Å². The lowest BCUT2D eigenvalue weighted by atomic mass is 10.1. The van der Waals surface area contributed by atoms with Crippen LogP contribution in [-0.4, -0.2) is 0 Å². The van der Waals surface area contributed by atoms with Crippen LogP contribution in [0.15, 0.2) is 33.5 Å². The molecule has 0 amide bonds. The second-order valence-electron chi connectivity index (χ2n) is 2.92. The molecule has 0 unspecified atom stereocenters. The maximum atomic E-state index is 11.2. The normalized spacial score (nSPS) is 10.5. The van der Waals surface area contributed by atoms with Gasteiger partial charge in [-0.25, -0.2) is 4.79 Å². The van der Waals surface area contributed by atoms with E-state index in [2.05, 4.69) is 0 Å². The van der Waals surface area contributed by atoms with Crippen molar-refractivity contribution in [2.24, 2.45) is 0 Å². The van der Waals surface area contributed by atoms with Crippen molar-refractivity contribution >= 4 is 16.7 Å². The third-order valence-electron chi connectivity index (χ3n) is 2.09. The van der Waals surface area contributed by atoms with E-state index in [1.165, 1.54) is 0 Å². The van der Waals surface area contributed by atoms with E-state index in [-0.39, 0.29) is 5.63 Å². The van der Waals surface area contributed by atoms with Gasteiger partial charge < -0.3 is 10.2 Å². The van der Waals surface area contributed by atoms with Crippen LogP contribution in [0.4, 0.5) is 5.69 Å². The van der Waals surface area contributed by atoms with E-state index in [0.717, 1.165) is 5.39 Å². The molecule has 3 nitrogen and oxygen atoms in total. The summed E-state index contributed by atoms with van der Waals surface area (Å²) < 4.78 is 5.04. The number of nitrogen functional groups attached to an aromatic ring is 1. The minimum atomic E-state index is -0.365. The van der Waals surface area contributed by atoms with E-state index in [0.29, 0.717) is 16.8 Å². The molecule has 1 aromatic carbocycles. The van der Waals surface area contributed by atoms with Gasteiger partial charge in [-0.15, -0.1) is 0 Å². The molecular formula is C10H9NO2. The summed E-state index contributed by atoms with van der Waals surface area (Å²) in [7, 11) is 0. The van der Waals surface area contributed by atoms with Crippen LogP contribution in [0.3, 0.4) is 0 Å². The summed E-state index contributed by atoms with van der Waals surface area (Å²) in [5.74, 6) is 0. The van der Waals surface area contributed by atoms with Crippen molar-refractivity contribution in [3.05, 3.63) is 40.2 Å². The summed E-state index contributed by atoms with van der Waals surface area (Å²) >= 11 is 0. The van der Waals surface area contributed by atoms with E-state index >= 15 is 0 Å². The highest BCUT2D eigenvalue weighted by Gasteiger charge is 2.06. The SMILES string of the molecule is Cc1c(N)c2ccccc2oc1=O. The Kier molecular flexibility index (Phi) is 1.59. The van der Waals surface area contributed by atoms with Crippen molar-refractivity contribution in [3.63, 3.8) is 0 Å². The molecule has 0 aliphatic rings. The zero-order valence-corrected chi connectivity index (χ0v) is 7.20. The monoisotopic (exact) mass is 175 g/mol. The van der Waals surface area contributed by atoms with Crippen molar-refractivity contribution in [1.29, 1.82) is 0 Å². The number of anilines is 1. The number of hydrogen-bond acceptors (Lipinski definition) is 3. The van der Waals surface area contributed by atoms with Crippen LogP contribution in [-0.2, 0) is 0 Å². The Bertz CT molecular complexity index is 514. The molecule has 66 valence electrons. The Balaban J connectivity index is 3.02. The van der Waals surface area contributed by atoms with E-state index in [1.54, 1.807) is 19.1 Å². The van der Waals surface area contributed by atoms with Crippen LogP contribution < -0.4 is 11.4 Å². The molecular weight excluding hydrogens is 166 g/mol. The topological polar surface area (TPSA) is 56.2 Å². The van der Waals surface area contributed by atoms with Gasteiger partial charge in [-0.1, -0.05) is 12.1 Å². The summed E-state index contributed by atoms with van der Waals surface area (Å²) in [6, 6.07) is 7.23. The highest BCUT2D eigenvalue weighted by Crippen LogP contribution is 2.20. The summed E-state index contributed by atoms with van der Waals surface area (Å²) in [6.45, 7) is 1.66. The number of hydrogen-bond donors (Lipinski definition) is 1. The van der Waals surface area contributed by atoms with Gasteiger partial charge in [0.15, 0.2) is 0 Å². The van der Waals surface area contributed by atoms with Gasteiger partial charge in [0.1, 0.15) is 5.58 Å². The molecule has 0 saturated heterocycles. The van der Waals surface area contributed by atoms with Crippen molar-refractivity contribution in [3.8, 4) is 0 Å². The zero-order chi connectivity index (χ0) is 9.42. The van der Waals surface area contributed by atoms with Crippen molar-refractivity contribution in [1.82, 2.24) is 0 Å². The van der Waals surface area contributed by atoms with Gasteiger partial charge in [-0.2, -0.15) is 0 Å². The van der Waals surface area contributed by atoms with Crippen LogP contribution in [0.1, 0.15) is 5.56 Å². The highest BCUT2D eigenvalue weighted by molar-refractivity contribution is 5.89. The second-order valence-corrected chi connectivity index (χ2v) is 2.92. The molecule has 1 aromatic heterocycles. The number of para-hydroxylation sites is 1. The lowest BCUT2D eigenvalue weighted by Crippen LogP contribution is -2.07. The van der Waals surface area contributed by atoms with Crippen LogP contribution in [0.2, 0.25) is 0 Å². The van der Waals surface area contributed by atoms with Crippen molar-refractivity contribution in [2.45, 2.75) is 6.92 Å². The Morgan fingerprint density at radius 3 is 2.77 bits per heavy atom. The van der Waals surface area contributed by atoms with Crippen LogP contribution in [0, 0.1) is 6.92 Å². The number of nitrogens with two attached hydrogens (primary N) is 1. The maximum absolute atomic E-state index is 11.2. The fourth-order valence-corrected chi connectivity index (χ4v) is 1.27. The molecule has 2 aromatic rings. The van der Waals surface area contributed by atoms with Crippen molar-refractivity contribution < 1.29 is 4.42 Å². The molecule has 0 bridgehead atoms. The predicted octanol–water partition coefficient (Wildman–Crippen LogP) is 1.68. The largest absolute Gasteiger partial charge is 0.422 e. The lowest BCUT2D eigenvalue weighted by Gasteiger charge is -2.02. The minimum Gasteiger partial charge on any atom is -0.422 e. The molecule has 2 N–H and O–H groups in total. The van der Waals surface area contributed by atoms with Gasteiger partial charge >= 0.3 is 5.63 Å². The molecule has 0 aliphatic carbocycles. The van der Waals surface area contributed by atoms with Gasteiger partial charge in [0, 0.05) is 5.39 Å². The first kappa shape index (κ1) is 7.86. The molecule has 0 fully saturated rings. The van der Waals surface area contributed by atoms with E-state index in [9.17, 15) is 4.79 Å². The Labute approximate surface area is 74.8 Å². The van der Waals surface area contributed by atoms with Crippen LogP contribution in [0.25, 0.3) is 11.0 Å². The van der Waals surface area contributed by atoms with Crippen molar-refractivity contribution in [2.75, 3.05) is 5.73 Å². The van der Waals surface area contributed by atoms with E-state index in [1.807, 2.05) is 12.1 Å². The average molecular weight is 175 g/mol. The summed E-state index contributed by atoms with van der Waals surface area (Å²) in [6.07, 6.45) is 0. The average Bonchev–Trinajstić information content (AvgIpc) is 2.15. The number of benzene rings is 1. The number of fused-ring (bicyclic) bond motifs is 1. The predicted molar refractivity (Wildman–Crippen MR) is 51.6 cm³/mol. The molecule has 13 heavy (non-hydrogen) atoms. The molecule has 2 rings (SSSR count). The fourth-order valence-electron chi connectivity index (χ4n) is 1.27. The Morgan fingerprint density at radius 1 is 1.31 bits per heavy atom. The lowest BCUT2D eigenvalue weighted by molar-refractivity contribution is 0.556. The molecule has 0 spiro atoms. The van der Waals surface area contributed by atoms with Gasteiger partial charge in [-0.3, -0.25) is 0 Å². The summed E-state index contributed by atoms with van der Waals surface area (Å²) in [5.41, 5.74) is 6.91. The Hall–Kier alpha value is -1.77. The summed E-state index contributed by atoms with van der Waals surface area (Å²) in [4.78, 5) is 11.2. The molecule has 0 atom stereocenters. The number of rotatable bonds is 0. The standard InChI is InChI=1S/C10H9NO2/c1-6-9(11)7-4-2-3-5-8(7)13-10(6)12/h2-5H,11H2,1H3. The summed E-state index contributed by atoms with van der Waals surface area (Å²) in [5, 5.41) is 0.791. The maximum Gasteiger partial charge on any atom is 0.341 e.